The zero-order valence-corrected chi connectivity index (χ0v) is 11.3. The van der Waals surface area contributed by atoms with E-state index in [2.05, 4.69) is 20.6 Å². The maximum absolute atomic E-state index is 11.8. The third-order valence-electron chi connectivity index (χ3n) is 3.51. The van der Waals surface area contributed by atoms with E-state index in [-0.39, 0.29) is 11.6 Å². The molecule has 3 rings (SSSR count). The van der Waals surface area contributed by atoms with E-state index in [1.165, 1.54) is 19.1 Å². The second kappa shape index (κ2) is 5.44. The number of carbonyl (C=O) groups excluding carboxylic acids is 1. The third-order valence-corrected chi connectivity index (χ3v) is 3.51. The van der Waals surface area contributed by atoms with E-state index >= 15 is 0 Å². The molecule has 1 saturated carbocycles. The molecule has 7 nitrogen and oxygen atoms in total. The molecule has 1 aliphatic rings. The topological polar surface area (TPSA) is 94.1 Å². The van der Waals surface area contributed by atoms with Crippen LogP contribution in [0, 0.1) is 0 Å². The monoisotopic (exact) mass is 276 g/mol. The van der Waals surface area contributed by atoms with Gasteiger partial charge in [-0.15, -0.1) is 0 Å². The van der Waals surface area contributed by atoms with Crippen LogP contribution in [0.4, 0.5) is 0 Å². The lowest BCUT2D eigenvalue weighted by Gasteiger charge is -1.99. The van der Waals surface area contributed by atoms with Crippen LogP contribution in [0.15, 0.2) is 15.3 Å². The third kappa shape index (κ3) is 2.31. The lowest BCUT2D eigenvalue weighted by Crippen LogP contribution is -2.23. The highest BCUT2D eigenvalue weighted by atomic mass is 16.5. The summed E-state index contributed by atoms with van der Waals surface area (Å²) < 4.78 is 10.2. The van der Waals surface area contributed by atoms with Gasteiger partial charge in [0.15, 0.2) is 5.69 Å². The van der Waals surface area contributed by atoms with Crippen LogP contribution in [0.25, 0.3) is 11.4 Å². The standard InChI is InChI=1S/C13H16N4O3/c1-2-14-12(18)10-9(7-19-16-10)11-15-13(20-17-11)8-5-3-4-6-8/h7-8H,2-6H2,1H3,(H,14,18). The van der Waals surface area contributed by atoms with Gasteiger partial charge < -0.3 is 14.4 Å². The molecule has 0 saturated heterocycles. The summed E-state index contributed by atoms with van der Waals surface area (Å²) in [6.07, 6.45) is 5.91. The second-order valence-electron chi connectivity index (χ2n) is 4.87. The van der Waals surface area contributed by atoms with Crippen LogP contribution in [0.5, 0.6) is 0 Å². The molecule has 0 bridgehead atoms. The first kappa shape index (κ1) is 12.8. The van der Waals surface area contributed by atoms with E-state index in [0.29, 0.717) is 29.7 Å². The van der Waals surface area contributed by atoms with Gasteiger partial charge in [0, 0.05) is 12.5 Å². The van der Waals surface area contributed by atoms with Crippen molar-refractivity contribution in [3.05, 3.63) is 17.8 Å². The van der Waals surface area contributed by atoms with Crippen molar-refractivity contribution in [3.63, 3.8) is 0 Å². The molecular weight excluding hydrogens is 260 g/mol. The largest absolute Gasteiger partial charge is 0.363 e. The van der Waals surface area contributed by atoms with Crippen molar-refractivity contribution < 1.29 is 13.8 Å². The quantitative estimate of drug-likeness (QED) is 0.919. The fourth-order valence-electron chi connectivity index (χ4n) is 2.49. The minimum absolute atomic E-state index is 0.186. The Labute approximate surface area is 115 Å². The normalized spacial score (nSPS) is 15.7. The lowest BCUT2D eigenvalue weighted by molar-refractivity contribution is 0.0947. The molecule has 20 heavy (non-hydrogen) atoms. The van der Waals surface area contributed by atoms with E-state index in [1.54, 1.807) is 0 Å². The minimum atomic E-state index is -0.302. The van der Waals surface area contributed by atoms with Crippen molar-refractivity contribution >= 4 is 5.91 Å². The molecule has 1 aliphatic carbocycles. The maximum atomic E-state index is 11.8. The number of amides is 1. The average Bonchev–Trinajstić information content (AvgIpc) is 3.19. The molecule has 0 spiro atoms. The van der Waals surface area contributed by atoms with Crippen molar-refractivity contribution in [1.82, 2.24) is 20.6 Å². The van der Waals surface area contributed by atoms with Crippen molar-refractivity contribution in [3.8, 4) is 11.4 Å². The van der Waals surface area contributed by atoms with Crippen molar-refractivity contribution in [2.24, 2.45) is 0 Å². The summed E-state index contributed by atoms with van der Waals surface area (Å²) in [6, 6.07) is 0. The Morgan fingerprint density at radius 2 is 2.20 bits per heavy atom. The first-order valence-electron chi connectivity index (χ1n) is 6.86. The van der Waals surface area contributed by atoms with Crippen LogP contribution in [-0.2, 0) is 0 Å². The van der Waals surface area contributed by atoms with Gasteiger partial charge in [0.2, 0.25) is 11.7 Å². The Bertz CT molecular complexity index is 598. The van der Waals surface area contributed by atoms with Crippen LogP contribution in [0.1, 0.15) is 54.9 Å². The van der Waals surface area contributed by atoms with Crippen LogP contribution in [0.2, 0.25) is 0 Å². The van der Waals surface area contributed by atoms with Gasteiger partial charge in [-0.05, 0) is 19.8 Å². The zero-order chi connectivity index (χ0) is 13.9. The predicted molar refractivity (Wildman–Crippen MR) is 69.0 cm³/mol. The Morgan fingerprint density at radius 3 is 2.95 bits per heavy atom. The highest BCUT2D eigenvalue weighted by Gasteiger charge is 2.26. The summed E-state index contributed by atoms with van der Waals surface area (Å²) in [5.41, 5.74) is 0.648. The molecule has 2 aromatic rings. The number of hydrogen-bond acceptors (Lipinski definition) is 6. The smallest absolute Gasteiger partial charge is 0.274 e. The Morgan fingerprint density at radius 1 is 1.40 bits per heavy atom. The van der Waals surface area contributed by atoms with Crippen LogP contribution in [-0.4, -0.2) is 27.7 Å². The minimum Gasteiger partial charge on any atom is -0.363 e. The molecular formula is C13H16N4O3. The molecule has 0 aliphatic heterocycles. The molecule has 1 N–H and O–H groups in total. The molecule has 0 atom stereocenters. The lowest BCUT2D eigenvalue weighted by atomic mass is 10.1. The van der Waals surface area contributed by atoms with Gasteiger partial charge in [0.25, 0.3) is 5.91 Å². The molecule has 7 heteroatoms. The van der Waals surface area contributed by atoms with E-state index in [4.69, 9.17) is 9.05 Å². The van der Waals surface area contributed by atoms with Gasteiger partial charge in [0.1, 0.15) is 6.26 Å². The Balaban J connectivity index is 1.86. The second-order valence-corrected chi connectivity index (χ2v) is 4.87. The predicted octanol–water partition coefficient (Wildman–Crippen LogP) is 2.13. The number of nitrogens with zero attached hydrogens (tertiary/aromatic N) is 3. The average molecular weight is 276 g/mol. The van der Waals surface area contributed by atoms with Crippen LogP contribution < -0.4 is 5.32 Å². The number of hydrogen-bond donors (Lipinski definition) is 1. The van der Waals surface area contributed by atoms with Gasteiger partial charge >= 0.3 is 0 Å². The van der Waals surface area contributed by atoms with Gasteiger partial charge in [-0.25, -0.2) is 0 Å². The van der Waals surface area contributed by atoms with Gasteiger partial charge in [-0.2, -0.15) is 4.98 Å². The van der Waals surface area contributed by atoms with Crippen LogP contribution >= 0.6 is 0 Å². The summed E-state index contributed by atoms with van der Waals surface area (Å²) in [7, 11) is 0. The van der Waals surface area contributed by atoms with Crippen molar-refractivity contribution in [1.29, 1.82) is 0 Å². The molecule has 1 amide bonds. The number of carbonyl (C=O) groups is 1. The first-order valence-corrected chi connectivity index (χ1v) is 6.86. The maximum Gasteiger partial charge on any atom is 0.274 e. The van der Waals surface area contributed by atoms with Gasteiger partial charge in [-0.3, -0.25) is 4.79 Å². The highest BCUT2D eigenvalue weighted by molar-refractivity contribution is 5.97. The van der Waals surface area contributed by atoms with E-state index in [9.17, 15) is 4.79 Å². The number of aromatic nitrogens is 3. The van der Waals surface area contributed by atoms with Crippen molar-refractivity contribution in [2.45, 2.75) is 38.5 Å². The fourth-order valence-corrected chi connectivity index (χ4v) is 2.49. The van der Waals surface area contributed by atoms with E-state index < -0.39 is 0 Å². The summed E-state index contributed by atoms with van der Waals surface area (Å²) >= 11 is 0. The molecule has 0 unspecified atom stereocenters. The summed E-state index contributed by atoms with van der Waals surface area (Å²) in [4.78, 5) is 16.2. The Hall–Kier alpha value is -2.18. The van der Waals surface area contributed by atoms with Gasteiger partial charge in [-0.1, -0.05) is 23.2 Å². The number of rotatable bonds is 4. The molecule has 0 aromatic carbocycles. The molecule has 1 fully saturated rings. The van der Waals surface area contributed by atoms with Crippen molar-refractivity contribution in [2.75, 3.05) is 6.54 Å². The first-order chi connectivity index (χ1) is 9.79. The summed E-state index contributed by atoms with van der Waals surface area (Å²) in [5, 5.41) is 10.3. The molecule has 2 aromatic heterocycles. The Kier molecular flexibility index (Phi) is 3.49. The highest BCUT2D eigenvalue weighted by Crippen LogP contribution is 2.34. The SMILES string of the molecule is CCNC(=O)c1nocc1-c1noc(C2CCCC2)n1. The molecule has 2 heterocycles. The molecule has 0 radical (unpaired) electrons. The fraction of sp³-hybridized carbons (Fsp3) is 0.538. The number of nitrogens with one attached hydrogen (secondary N) is 1. The van der Waals surface area contributed by atoms with Crippen LogP contribution in [0.3, 0.4) is 0 Å². The van der Waals surface area contributed by atoms with E-state index in [0.717, 1.165) is 12.8 Å². The summed E-state index contributed by atoms with van der Waals surface area (Å²) in [6.45, 7) is 2.36. The molecule has 106 valence electrons. The summed E-state index contributed by atoms with van der Waals surface area (Å²) in [5.74, 6) is 1.03. The van der Waals surface area contributed by atoms with E-state index in [1.807, 2.05) is 6.92 Å². The van der Waals surface area contributed by atoms with Gasteiger partial charge in [0.05, 0.1) is 5.56 Å². The zero-order valence-electron chi connectivity index (χ0n) is 11.3.